The Morgan fingerprint density at radius 1 is 0.957 bits per heavy atom. The molecule has 0 aromatic heterocycles. The van der Waals surface area contributed by atoms with Crippen LogP contribution >= 0.6 is 0 Å². The molecule has 1 aliphatic carbocycles. The first kappa shape index (κ1) is 17.1. The summed E-state index contributed by atoms with van der Waals surface area (Å²) in [5.41, 5.74) is 0. The van der Waals surface area contributed by atoms with Crippen molar-refractivity contribution in [2.45, 2.75) is 70.8 Å². The fraction of sp³-hybridized carbons (Fsp3) is 0.947. The molecule has 3 aliphatic rings. The summed E-state index contributed by atoms with van der Waals surface area (Å²) in [5.74, 6) is 1.57. The molecule has 2 heterocycles. The van der Waals surface area contributed by atoms with Crippen LogP contribution in [0.2, 0.25) is 0 Å². The number of likely N-dealkylation sites (tertiary alicyclic amines) is 2. The van der Waals surface area contributed by atoms with Gasteiger partial charge in [-0.3, -0.25) is 0 Å². The molecule has 1 N–H and O–H groups in total. The van der Waals surface area contributed by atoms with Gasteiger partial charge in [0.25, 0.3) is 0 Å². The van der Waals surface area contributed by atoms with E-state index in [1.807, 2.05) is 0 Å². The molecule has 4 nitrogen and oxygen atoms in total. The Balaban J connectivity index is 1.42. The van der Waals surface area contributed by atoms with Gasteiger partial charge in [0.05, 0.1) is 0 Å². The molecule has 1 atom stereocenters. The van der Waals surface area contributed by atoms with Crippen LogP contribution in [0.15, 0.2) is 0 Å². The highest BCUT2D eigenvalue weighted by Gasteiger charge is 2.27. The zero-order valence-corrected chi connectivity index (χ0v) is 14.9. The van der Waals surface area contributed by atoms with Crippen molar-refractivity contribution in [3.8, 4) is 0 Å². The number of carbonyl (C=O) groups is 1. The number of urea groups is 1. The van der Waals surface area contributed by atoms with Gasteiger partial charge in [-0.25, -0.2) is 4.79 Å². The first-order chi connectivity index (χ1) is 11.2. The molecule has 0 aromatic carbocycles. The summed E-state index contributed by atoms with van der Waals surface area (Å²) in [4.78, 5) is 17.3. The van der Waals surface area contributed by atoms with Gasteiger partial charge in [0.1, 0.15) is 0 Å². The summed E-state index contributed by atoms with van der Waals surface area (Å²) < 4.78 is 0. The second-order valence-electron chi connectivity index (χ2n) is 8.22. The zero-order valence-electron chi connectivity index (χ0n) is 14.9. The lowest BCUT2D eigenvalue weighted by Gasteiger charge is -2.38. The van der Waals surface area contributed by atoms with Crippen molar-refractivity contribution in [2.24, 2.45) is 11.8 Å². The Kier molecular flexibility index (Phi) is 6.21. The van der Waals surface area contributed by atoms with Gasteiger partial charge in [0.15, 0.2) is 0 Å². The minimum atomic E-state index is 0.203. The predicted molar refractivity (Wildman–Crippen MR) is 94.5 cm³/mol. The second kappa shape index (κ2) is 8.36. The monoisotopic (exact) mass is 321 g/mol. The third kappa shape index (κ3) is 5.10. The Morgan fingerprint density at radius 2 is 1.70 bits per heavy atom. The maximum absolute atomic E-state index is 12.5. The van der Waals surface area contributed by atoms with Gasteiger partial charge in [-0.15, -0.1) is 0 Å². The largest absolute Gasteiger partial charge is 0.335 e. The van der Waals surface area contributed by atoms with Crippen molar-refractivity contribution >= 4 is 6.03 Å². The molecule has 2 aliphatic heterocycles. The van der Waals surface area contributed by atoms with Crippen LogP contribution < -0.4 is 5.32 Å². The van der Waals surface area contributed by atoms with E-state index in [0.717, 1.165) is 19.0 Å². The molecule has 2 saturated heterocycles. The van der Waals surface area contributed by atoms with Crippen LogP contribution in [-0.2, 0) is 0 Å². The van der Waals surface area contributed by atoms with Crippen molar-refractivity contribution in [3.63, 3.8) is 0 Å². The van der Waals surface area contributed by atoms with Crippen molar-refractivity contribution in [1.29, 1.82) is 0 Å². The number of nitrogens with zero attached hydrogens (tertiary/aromatic N) is 2. The van der Waals surface area contributed by atoms with E-state index in [1.54, 1.807) is 0 Å². The van der Waals surface area contributed by atoms with E-state index >= 15 is 0 Å². The average molecular weight is 322 g/mol. The van der Waals surface area contributed by atoms with E-state index in [9.17, 15) is 4.79 Å². The fourth-order valence-corrected chi connectivity index (χ4v) is 4.52. The predicted octanol–water partition coefficient (Wildman–Crippen LogP) is 3.47. The summed E-state index contributed by atoms with van der Waals surface area (Å²) in [5, 5.41) is 3.29. The Bertz CT molecular complexity index is 373. The van der Waals surface area contributed by atoms with Crippen LogP contribution in [0.25, 0.3) is 0 Å². The first-order valence-electron chi connectivity index (χ1n) is 9.98. The third-order valence-corrected chi connectivity index (χ3v) is 6.13. The first-order valence-corrected chi connectivity index (χ1v) is 9.98. The van der Waals surface area contributed by atoms with Crippen molar-refractivity contribution < 1.29 is 4.79 Å². The van der Waals surface area contributed by atoms with Crippen molar-refractivity contribution in [1.82, 2.24) is 15.1 Å². The fourth-order valence-electron chi connectivity index (χ4n) is 4.52. The normalized spacial score (nSPS) is 28.7. The summed E-state index contributed by atoms with van der Waals surface area (Å²) in [6, 6.07) is 0.633. The van der Waals surface area contributed by atoms with Crippen LogP contribution in [0.3, 0.4) is 0 Å². The van der Waals surface area contributed by atoms with Crippen LogP contribution in [0.1, 0.15) is 64.7 Å². The lowest BCUT2D eigenvalue weighted by Crippen LogP contribution is -2.50. The summed E-state index contributed by atoms with van der Waals surface area (Å²) in [6.07, 6.45) is 11.4. The minimum absolute atomic E-state index is 0.203. The Morgan fingerprint density at radius 3 is 2.43 bits per heavy atom. The average Bonchev–Trinajstić information content (AvgIpc) is 2.58. The molecule has 2 amide bonds. The number of amides is 2. The van der Waals surface area contributed by atoms with E-state index in [-0.39, 0.29) is 6.03 Å². The molecular formula is C19H35N3O. The van der Waals surface area contributed by atoms with Crippen molar-refractivity contribution in [3.05, 3.63) is 0 Å². The molecule has 3 fully saturated rings. The SMILES string of the molecule is CC1CCN(CC2CCCN(C(=O)NC3CCCCC3)C2)CC1. The van der Waals surface area contributed by atoms with E-state index in [1.165, 1.54) is 77.4 Å². The molecule has 0 spiro atoms. The highest BCUT2D eigenvalue weighted by Crippen LogP contribution is 2.22. The Labute approximate surface area is 142 Å². The number of hydrogen-bond acceptors (Lipinski definition) is 2. The molecule has 4 heteroatoms. The molecule has 132 valence electrons. The summed E-state index contributed by atoms with van der Waals surface area (Å²) in [7, 11) is 0. The highest BCUT2D eigenvalue weighted by atomic mass is 16.2. The van der Waals surface area contributed by atoms with Crippen LogP contribution in [0, 0.1) is 11.8 Å². The number of hydrogen-bond donors (Lipinski definition) is 1. The molecule has 0 bridgehead atoms. The quantitative estimate of drug-likeness (QED) is 0.864. The topological polar surface area (TPSA) is 35.6 Å². The lowest BCUT2D eigenvalue weighted by molar-refractivity contribution is 0.118. The number of carbonyl (C=O) groups excluding carboxylic acids is 1. The highest BCUT2D eigenvalue weighted by molar-refractivity contribution is 5.74. The lowest BCUT2D eigenvalue weighted by atomic mass is 9.94. The smallest absolute Gasteiger partial charge is 0.317 e. The molecule has 23 heavy (non-hydrogen) atoms. The molecular weight excluding hydrogens is 286 g/mol. The van der Waals surface area contributed by atoms with Gasteiger partial charge in [-0.2, -0.15) is 0 Å². The zero-order chi connectivity index (χ0) is 16.1. The van der Waals surface area contributed by atoms with Crippen molar-refractivity contribution in [2.75, 3.05) is 32.7 Å². The van der Waals surface area contributed by atoms with Gasteiger partial charge < -0.3 is 15.1 Å². The number of nitrogens with one attached hydrogen (secondary N) is 1. The van der Waals surface area contributed by atoms with E-state index < -0.39 is 0 Å². The molecule has 0 radical (unpaired) electrons. The number of piperidine rings is 2. The molecule has 3 rings (SSSR count). The maximum atomic E-state index is 12.5. The third-order valence-electron chi connectivity index (χ3n) is 6.13. The molecule has 1 saturated carbocycles. The van der Waals surface area contributed by atoms with Gasteiger partial charge in [-0.05, 0) is 63.5 Å². The Hall–Kier alpha value is -0.770. The molecule has 0 aromatic rings. The van der Waals surface area contributed by atoms with Gasteiger partial charge in [0, 0.05) is 25.7 Å². The van der Waals surface area contributed by atoms with E-state index in [4.69, 9.17) is 0 Å². The van der Waals surface area contributed by atoms with E-state index in [0.29, 0.717) is 12.0 Å². The van der Waals surface area contributed by atoms with E-state index in [2.05, 4.69) is 22.0 Å². The second-order valence-corrected chi connectivity index (χ2v) is 8.22. The minimum Gasteiger partial charge on any atom is -0.335 e. The van der Waals surface area contributed by atoms with Crippen LogP contribution in [0.5, 0.6) is 0 Å². The van der Waals surface area contributed by atoms with Gasteiger partial charge in [-0.1, -0.05) is 26.2 Å². The summed E-state index contributed by atoms with van der Waals surface area (Å²) >= 11 is 0. The van der Waals surface area contributed by atoms with Crippen LogP contribution in [0.4, 0.5) is 4.79 Å². The van der Waals surface area contributed by atoms with Gasteiger partial charge in [0.2, 0.25) is 0 Å². The van der Waals surface area contributed by atoms with Gasteiger partial charge >= 0.3 is 6.03 Å². The maximum Gasteiger partial charge on any atom is 0.317 e. The molecule has 1 unspecified atom stereocenters. The van der Waals surface area contributed by atoms with Crippen LogP contribution in [-0.4, -0.2) is 54.6 Å². The summed E-state index contributed by atoms with van der Waals surface area (Å²) in [6.45, 7) is 7.99. The standard InChI is InChI=1S/C19H35N3O/c1-16-9-12-21(13-10-16)14-17-6-5-11-22(15-17)19(23)20-18-7-3-2-4-8-18/h16-18H,2-15H2,1H3,(H,20,23). The number of rotatable bonds is 3.